The van der Waals surface area contributed by atoms with Crippen LogP contribution in [-0.2, 0) is 6.42 Å². The molecule has 14 heavy (non-hydrogen) atoms. The minimum atomic E-state index is 0.755. The van der Waals surface area contributed by atoms with Crippen molar-refractivity contribution in [2.24, 2.45) is 5.92 Å². The van der Waals surface area contributed by atoms with Gasteiger partial charge in [0.25, 0.3) is 0 Å². The van der Waals surface area contributed by atoms with Gasteiger partial charge >= 0.3 is 0 Å². The Labute approximate surface area is 84.9 Å². The molecule has 1 aromatic heterocycles. The highest BCUT2D eigenvalue weighted by molar-refractivity contribution is 5.19. The molecule has 1 aliphatic heterocycles. The molecular weight excluding hydrogens is 174 g/mol. The van der Waals surface area contributed by atoms with Gasteiger partial charge in [0.05, 0.1) is 11.4 Å². The summed E-state index contributed by atoms with van der Waals surface area (Å²) < 4.78 is 0. The van der Waals surface area contributed by atoms with Gasteiger partial charge in [-0.05, 0) is 57.3 Å². The first kappa shape index (κ1) is 9.59. The standard InChI is InChI=1S/C11H17N3/c1-8-5-9(2)13-14-11(8)6-10-3-4-12-7-10/h5,10,12H,3-4,6-7H2,1-2H3. The van der Waals surface area contributed by atoms with Crippen molar-refractivity contribution in [3.63, 3.8) is 0 Å². The number of hydrogen-bond donors (Lipinski definition) is 1. The van der Waals surface area contributed by atoms with E-state index in [1.54, 1.807) is 0 Å². The lowest BCUT2D eigenvalue weighted by molar-refractivity contribution is 0.564. The molecular formula is C11H17N3. The molecule has 1 N–H and O–H groups in total. The van der Waals surface area contributed by atoms with Crippen molar-refractivity contribution in [3.05, 3.63) is 23.0 Å². The van der Waals surface area contributed by atoms with E-state index in [0.717, 1.165) is 31.1 Å². The molecule has 1 atom stereocenters. The molecule has 1 unspecified atom stereocenters. The van der Waals surface area contributed by atoms with Crippen LogP contribution in [0.25, 0.3) is 0 Å². The van der Waals surface area contributed by atoms with Crippen molar-refractivity contribution in [1.82, 2.24) is 15.5 Å². The zero-order chi connectivity index (χ0) is 9.97. The van der Waals surface area contributed by atoms with E-state index in [-0.39, 0.29) is 0 Å². The Kier molecular flexibility index (Phi) is 2.77. The lowest BCUT2D eigenvalue weighted by Gasteiger charge is -2.09. The molecule has 0 saturated carbocycles. The largest absolute Gasteiger partial charge is 0.316 e. The average molecular weight is 191 g/mol. The van der Waals surface area contributed by atoms with Gasteiger partial charge in [-0.25, -0.2) is 0 Å². The monoisotopic (exact) mass is 191 g/mol. The number of aromatic nitrogens is 2. The smallest absolute Gasteiger partial charge is 0.0663 e. The molecule has 1 saturated heterocycles. The maximum atomic E-state index is 4.26. The van der Waals surface area contributed by atoms with E-state index in [4.69, 9.17) is 0 Å². The van der Waals surface area contributed by atoms with Crippen LogP contribution in [0, 0.1) is 19.8 Å². The minimum absolute atomic E-state index is 0.755. The third-order valence-corrected chi connectivity index (χ3v) is 2.85. The molecule has 0 amide bonds. The van der Waals surface area contributed by atoms with Crippen LogP contribution in [-0.4, -0.2) is 23.3 Å². The van der Waals surface area contributed by atoms with Crippen molar-refractivity contribution >= 4 is 0 Å². The highest BCUT2D eigenvalue weighted by Crippen LogP contribution is 2.15. The van der Waals surface area contributed by atoms with Crippen molar-refractivity contribution in [1.29, 1.82) is 0 Å². The molecule has 3 heteroatoms. The third-order valence-electron chi connectivity index (χ3n) is 2.85. The number of aryl methyl sites for hydroxylation is 2. The van der Waals surface area contributed by atoms with E-state index < -0.39 is 0 Å². The predicted octanol–water partition coefficient (Wildman–Crippen LogP) is 1.25. The highest BCUT2D eigenvalue weighted by atomic mass is 15.1. The van der Waals surface area contributed by atoms with Gasteiger partial charge in [-0.2, -0.15) is 10.2 Å². The summed E-state index contributed by atoms with van der Waals surface area (Å²) in [4.78, 5) is 0. The lowest BCUT2D eigenvalue weighted by atomic mass is 10.00. The Morgan fingerprint density at radius 2 is 2.29 bits per heavy atom. The number of nitrogens with one attached hydrogen (secondary N) is 1. The van der Waals surface area contributed by atoms with Crippen LogP contribution in [0.2, 0.25) is 0 Å². The predicted molar refractivity (Wildman–Crippen MR) is 56.2 cm³/mol. The van der Waals surface area contributed by atoms with Gasteiger partial charge in [-0.1, -0.05) is 0 Å². The molecule has 76 valence electrons. The van der Waals surface area contributed by atoms with Gasteiger partial charge in [-0.15, -0.1) is 0 Å². The molecule has 2 rings (SSSR count). The number of nitrogens with zero attached hydrogens (tertiary/aromatic N) is 2. The minimum Gasteiger partial charge on any atom is -0.316 e. The van der Waals surface area contributed by atoms with Crippen LogP contribution >= 0.6 is 0 Å². The van der Waals surface area contributed by atoms with E-state index in [1.165, 1.54) is 17.7 Å². The van der Waals surface area contributed by atoms with Gasteiger partial charge in [0.1, 0.15) is 0 Å². The van der Waals surface area contributed by atoms with Gasteiger partial charge < -0.3 is 5.32 Å². The summed E-state index contributed by atoms with van der Waals surface area (Å²) in [6.45, 7) is 6.40. The zero-order valence-electron chi connectivity index (χ0n) is 8.88. The molecule has 1 fully saturated rings. The fourth-order valence-corrected chi connectivity index (χ4v) is 2.01. The molecule has 0 aromatic carbocycles. The van der Waals surface area contributed by atoms with Crippen LogP contribution < -0.4 is 5.32 Å². The Morgan fingerprint density at radius 3 is 2.93 bits per heavy atom. The van der Waals surface area contributed by atoms with Crippen molar-refractivity contribution in [3.8, 4) is 0 Å². The molecule has 0 bridgehead atoms. The Morgan fingerprint density at radius 1 is 1.43 bits per heavy atom. The third kappa shape index (κ3) is 2.10. The Balaban J connectivity index is 2.08. The fraction of sp³-hybridized carbons (Fsp3) is 0.636. The summed E-state index contributed by atoms with van der Waals surface area (Å²) >= 11 is 0. The first-order chi connectivity index (χ1) is 6.75. The SMILES string of the molecule is Cc1cc(C)c(CC2CCNC2)nn1. The van der Waals surface area contributed by atoms with Crippen LogP contribution in [0.4, 0.5) is 0 Å². The second-order valence-corrected chi connectivity index (χ2v) is 4.18. The number of rotatable bonds is 2. The topological polar surface area (TPSA) is 37.8 Å². The molecule has 1 aromatic rings. The van der Waals surface area contributed by atoms with E-state index in [0.29, 0.717) is 0 Å². The maximum Gasteiger partial charge on any atom is 0.0663 e. The van der Waals surface area contributed by atoms with Gasteiger partial charge in [0.2, 0.25) is 0 Å². The van der Waals surface area contributed by atoms with Crippen LogP contribution in [0.5, 0.6) is 0 Å². The molecule has 0 aliphatic carbocycles. The molecule has 3 nitrogen and oxygen atoms in total. The number of hydrogen-bond acceptors (Lipinski definition) is 3. The second-order valence-electron chi connectivity index (χ2n) is 4.18. The van der Waals surface area contributed by atoms with Crippen molar-refractivity contribution < 1.29 is 0 Å². The van der Waals surface area contributed by atoms with Crippen molar-refractivity contribution in [2.45, 2.75) is 26.7 Å². The summed E-state index contributed by atoms with van der Waals surface area (Å²) in [6, 6.07) is 2.12. The Hall–Kier alpha value is -0.960. The van der Waals surface area contributed by atoms with Crippen LogP contribution in [0.15, 0.2) is 6.07 Å². The second kappa shape index (κ2) is 4.05. The van der Waals surface area contributed by atoms with E-state index in [1.807, 2.05) is 6.92 Å². The molecule has 0 radical (unpaired) electrons. The molecule has 0 spiro atoms. The quantitative estimate of drug-likeness (QED) is 0.764. The Bertz CT molecular complexity index is 316. The molecule has 1 aliphatic rings. The van der Waals surface area contributed by atoms with Crippen LogP contribution in [0.1, 0.15) is 23.4 Å². The van der Waals surface area contributed by atoms with Gasteiger partial charge in [-0.3, -0.25) is 0 Å². The van der Waals surface area contributed by atoms with Crippen LogP contribution in [0.3, 0.4) is 0 Å². The van der Waals surface area contributed by atoms with Gasteiger partial charge in [0, 0.05) is 0 Å². The zero-order valence-corrected chi connectivity index (χ0v) is 8.88. The summed E-state index contributed by atoms with van der Waals surface area (Å²) in [6.07, 6.45) is 2.35. The van der Waals surface area contributed by atoms with Crippen molar-refractivity contribution in [2.75, 3.05) is 13.1 Å². The normalized spacial score (nSPS) is 21.4. The summed E-state index contributed by atoms with van der Waals surface area (Å²) in [5, 5.41) is 11.8. The first-order valence-electron chi connectivity index (χ1n) is 5.26. The van der Waals surface area contributed by atoms with E-state index >= 15 is 0 Å². The summed E-state index contributed by atoms with van der Waals surface area (Å²) in [5.41, 5.74) is 3.46. The van der Waals surface area contributed by atoms with E-state index in [9.17, 15) is 0 Å². The summed E-state index contributed by atoms with van der Waals surface area (Å²) in [7, 11) is 0. The molecule has 2 heterocycles. The average Bonchev–Trinajstić information content (AvgIpc) is 2.62. The lowest BCUT2D eigenvalue weighted by Crippen LogP contribution is -2.12. The first-order valence-corrected chi connectivity index (χ1v) is 5.26. The van der Waals surface area contributed by atoms with Gasteiger partial charge in [0.15, 0.2) is 0 Å². The van der Waals surface area contributed by atoms with E-state index in [2.05, 4.69) is 28.5 Å². The summed E-state index contributed by atoms with van der Waals surface area (Å²) in [5.74, 6) is 0.755. The highest BCUT2D eigenvalue weighted by Gasteiger charge is 2.16. The maximum absolute atomic E-state index is 4.26. The fourth-order valence-electron chi connectivity index (χ4n) is 2.01.